The third-order valence-corrected chi connectivity index (χ3v) is 5.59. The van der Waals surface area contributed by atoms with Gasteiger partial charge in [-0.05, 0) is 31.4 Å². The van der Waals surface area contributed by atoms with Crippen molar-refractivity contribution in [1.82, 2.24) is 4.31 Å². The predicted octanol–water partition coefficient (Wildman–Crippen LogP) is 1.79. The van der Waals surface area contributed by atoms with Gasteiger partial charge in [0.05, 0.1) is 11.6 Å². The molecule has 1 saturated carbocycles. The Labute approximate surface area is 112 Å². The van der Waals surface area contributed by atoms with Gasteiger partial charge in [0.15, 0.2) is 0 Å². The first-order valence-electron chi connectivity index (χ1n) is 5.86. The summed E-state index contributed by atoms with van der Waals surface area (Å²) in [5.41, 5.74) is 0.631. The van der Waals surface area contributed by atoms with Gasteiger partial charge in [-0.3, -0.25) is 0 Å². The molecule has 0 spiro atoms. The maximum absolute atomic E-state index is 12.6. The van der Waals surface area contributed by atoms with E-state index in [2.05, 4.69) is 0 Å². The average molecular weight is 290 g/mol. The number of sulfonamides is 1. The molecule has 6 heteroatoms. The highest BCUT2D eigenvalue weighted by Gasteiger charge is 2.39. The highest BCUT2D eigenvalue weighted by atomic mass is 35.5. The van der Waals surface area contributed by atoms with Crippen LogP contribution in [0.2, 0.25) is 5.02 Å². The van der Waals surface area contributed by atoms with E-state index in [4.69, 9.17) is 16.7 Å². The molecule has 4 nitrogen and oxygen atoms in total. The smallest absolute Gasteiger partial charge is 0.245 e. The van der Waals surface area contributed by atoms with Crippen molar-refractivity contribution in [2.75, 3.05) is 13.2 Å². The van der Waals surface area contributed by atoms with Crippen LogP contribution in [0.1, 0.15) is 18.4 Å². The monoisotopic (exact) mass is 289 g/mol. The van der Waals surface area contributed by atoms with Crippen molar-refractivity contribution in [3.8, 4) is 0 Å². The minimum absolute atomic E-state index is 0.0119. The highest BCUT2D eigenvalue weighted by Crippen LogP contribution is 2.35. The largest absolute Gasteiger partial charge is 0.395 e. The summed E-state index contributed by atoms with van der Waals surface area (Å²) in [6.07, 6.45) is 1.70. The van der Waals surface area contributed by atoms with E-state index in [1.165, 1.54) is 4.31 Å². The average Bonchev–Trinajstić information content (AvgIpc) is 3.08. The van der Waals surface area contributed by atoms with Crippen LogP contribution in [0.3, 0.4) is 0 Å². The lowest BCUT2D eigenvalue weighted by molar-refractivity contribution is 0.250. The topological polar surface area (TPSA) is 57.6 Å². The van der Waals surface area contributed by atoms with Crippen LogP contribution < -0.4 is 0 Å². The zero-order valence-electron chi connectivity index (χ0n) is 10.1. The summed E-state index contributed by atoms with van der Waals surface area (Å²) in [7, 11) is -3.62. The Bertz CT molecular complexity index is 520. The lowest BCUT2D eigenvalue weighted by atomic mass is 10.2. The van der Waals surface area contributed by atoms with E-state index >= 15 is 0 Å². The Morgan fingerprint density at radius 1 is 1.44 bits per heavy atom. The van der Waals surface area contributed by atoms with E-state index in [0.717, 1.165) is 12.8 Å². The minimum atomic E-state index is -3.62. The normalized spacial score (nSPS) is 16.2. The van der Waals surface area contributed by atoms with Crippen LogP contribution in [0, 0.1) is 6.92 Å². The zero-order valence-corrected chi connectivity index (χ0v) is 11.7. The van der Waals surface area contributed by atoms with Crippen molar-refractivity contribution >= 4 is 21.6 Å². The molecule has 1 fully saturated rings. The van der Waals surface area contributed by atoms with Gasteiger partial charge in [-0.1, -0.05) is 23.7 Å². The molecule has 0 saturated heterocycles. The first kappa shape index (κ1) is 13.8. The lowest BCUT2D eigenvalue weighted by Gasteiger charge is -2.22. The summed E-state index contributed by atoms with van der Waals surface area (Å²) < 4.78 is 26.5. The van der Waals surface area contributed by atoms with Gasteiger partial charge in [-0.2, -0.15) is 4.31 Å². The molecule has 1 aliphatic rings. The number of aliphatic hydroxyl groups excluding tert-OH is 1. The van der Waals surface area contributed by atoms with Gasteiger partial charge in [0.25, 0.3) is 0 Å². The van der Waals surface area contributed by atoms with E-state index in [1.807, 2.05) is 0 Å². The summed E-state index contributed by atoms with van der Waals surface area (Å²) in [5, 5.41) is 9.26. The quantitative estimate of drug-likeness (QED) is 0.899. The number of aryl methyl sites for hydroxylation is 1. The number of hydrogen-bond donors (Lipinski definition) is 1. The number of hydrogen-bond acceptors (Lipinski definition) is 3. The molecular formula is C12H16ClNO3S. The summed E-state index contributed by atoms with van der Waals surface area (Å²) in [5.74, 6) is 0. The second-order valence-corrected chi connectivity index (χ2v) is 6.69. The lowest BCUT2D eigenvalue weighted by Crippen LogP contribution is -2.36. The Balaban J connectivity index is 2.46. The molecule has 2 rings (SSSR count). The molecule has 1 aliphatic carbocycles. The van der Waals surface area contributed by atoms with Crippen LogP contribution in [-0.4, -0.2) is 37.0 Å². The Kier molecular flexibility index (Phi) is 3.96. The van der Waals surface area contributed by atoms with Crippen LogP contribution in [0.25, 0.3) is 0 Å². The number of rotatable bonds is 5. The van der Waals surface area contributed by atoms with Crippen molar-refractivity contribution in [2.24, 2.45) is 0 Å². The molecule has 0 aliphatic heterocycles. The number of benzene rings is 1. The number of aliphatic hydroxyl groups is 1. The van der Waals surface area contributed by atoms with E-state index < -0.39 is 10.0 Å². The second kappa shape index (κ2) is 5.17. The van der Waals surface area contributed by atoms with Crippen molar-refractivity contribution in [1.29, 1.82) is 0 Å². The summed E-state index contributed by atoms with van der Waals surface area (Å²) >= 11 is 6.02. The van der Waals surface area contributed by atoms with Crippen LogP contribution in [0.15, 0.2) is 23.1 Å². The fourth-order valence-electron chi connectivity index (χ4n) is 2.02. The van der Waals surface area contributed by atoms with E-state index in [-0.39, 0.29) is 29.1 Å². The molecule has 0 aromatic heterocycles. The Morgan fingerprint density at radius 3 is 2.61 bits per heavy atom. The molecule has 1 aromatic rings. The molecule has 0 bridgehead atoms. The molecule has 0 heterocycles. The Hall–Kier alpha value is -0.620. The third kappa shape index (κ3) is 2.54. The first-order chi connectivity index (χ1) is 8.48. The molecule has 0 radical (unpaired) electrons. The van der Waals surface area contributed by atoms with Crippen LogP contribution >= 0.6 is 11.6 Å². The van der Waals surface area contributed by atoms with Crippen molar-refractivity contribution < 1.29 is 13.5 Å². The van der Waals surface area contributed by atoms with Crippen LogP contribution in [-0.2, 0) is 10.0 Å². The third-order valence-electron chi connectivity index (χ3n) is 3.01. The molecule has 1 N–H and O–H groups in total. The summed E-state index contributed by atoms with van der Waals surface area (Å²) in [6.45, 7) is 1.67. The molecule has 0 amide bonds. The molecular weight excluding hydrogens is 274 g/mol. The van der Waals surface area contributed by atoms with Crippen molar-refractivity contribution in [3.05, 3.63) is 28.8 Å². The van der Waals surface area contributed by atoms with Crippen LogP contribution in [0.5, 0.6) is 0 Å². The second-order valence-electron chi connectivity index (χ2n) is 4.46. The highest BCUT2D eigenvalue weighted by molar-refractivity contribution is 7.89. The van der Waals surface area contributed by atoms with Gasteiger partial charge in [-0.15, -0.1) is 0 Å². The standard InChI is InChI=1S/C12H16ClNO3S/c1-9-3-2-4-11(13)12(9)18(16,17)14(7-8-15)10-5-6-10/h2-4,10,15H,5-8H2,1H3. The molecule has 0 unspecified atom stereocenters. The van der Waals surface area contributed by atoms with Gasteiger partial charge < -0.3 is 5.11 Å². The van der Waals surface area contributed by atoms with Gasteiger partial charge >= 0.3 is 0 Å². The van der Waals surface area contributed by atoms with Crippen LogP contribution in [0.4, 0.5) is 0 Å². The van der Waals surface area contributed by atoms with Gasteiger partial charge in [-0.25, -0.2) is 8.42 Å². The summed E-state index contributed by atoms with van der Waals surface area (Å²) in [4.78, 5) is 0.159. The van der Waals surface area contributed by atoms with E-state index in [0.29, 0.717) is 5.56 Å². The first-order valence-corrected chi connectivity index (χ1v) is 7.68. The number of halogens is 1. The maximum atomic E-state index is 12.6. The SMILES string of the molecule is Cc1cccc(Cl)c1S(=O)(=O)N(CCO)C1CC1. The van der Waals surface area contributed by atoms with Crippen molar-refractivity contribution in [2.45, 2.75) is 30.7 Å². The summed E-state index contributed by atoms with van der Waals surface area (Å²) in [6, 6.07) is 5.04. The molecule has 100 valence electrons. The van der Waals surface area contributed by atoms with E-state index in [9.17, 15) is 8.42 Å². The zero-order chi connectivity index (χ0) is 13.3. The molecule has 1 aromatic carbocycles. The van der Waals surface area contributed by atoms with E-state index in [1.54, 1.807) is 25.1 Å². The van der Waals surface area contributed by atoms with Crippen molar-refractivity contribution in [3.63, 3.8) is 0 Å². The molecule has 18 heavy (non-hydrogen) atoms. The minimum Gasteiger partial charge on any atom is -0.395 e. The number of nitrogens with zero attached hydrogens (tertiary/aromatic N) is 1. The fourth-order valence-corrected chi connectivity index (χ4v) is 4.48. The van der Waals surface area contributed by atoms with Gasteiger partial charge in [0.2, 0.25) is 10.0 Å². The van der Waals surface area contributed by atoms with Gasteiger partial charge in [0.1, 0.15) is 4.90 Å². The molecule has 0 atom stereocenters. The van der Waals surface area contributed by atoms with Gasteiger partial charge in [0, 0.05) is 12.6 Å². The predicted molar refractivity (Wildman–Crippen MR) is 70.2 cm³/mol. The fraction of sp³-hybridized carbons (Fsp3) is 0.500. The Morgan fingerprint density at radius 2 is 2.11 bits per heavy atom. The maximum Gasteiger partial charge on any atom is 0.245 e.